The number of halogens is 1. The van der Waals surface area contributed by atoms with Gasteiger partial charge in [0.25, 0.3) is 5.91 Å². The van der Waals surface area contributed by atoms with Crippen LogP contribution in [-0.4, -0.2) is 58.3 Å². The van der Waals surface area contributed by atoms with Gasteiger partial charge in [-0.25, -0.2) is 14.2 Å². The number of hydrogen-bond acceptors (Lipinski definition) is 6. The minimum Gasteiger partial charge on any atom is -0.453 e. The minimum absolute atomic E-state index is 0.0144. The van der Waals surface area contributed by atoms with Crippen LogP contribution in [0.1, 0.15) is 52.9 Å². The first-order valence-electron chi connectivity index (χ1n) is 10.7. The van der Waals surface area contributed by atoms with Gasteiger partial charge in [0, 0.05) is 42.3 Å². The van der Waals surface area contributed by atoms with Gasteiger partial charge in [0.05, 0.1) is 12.5 Å². The zero-order valence-electron chi connectivity index (χ0n) is 18.7. The molecule has 3 heterocycles. The molecule has 174 valence electrons. The van der Waals surface area contributed by atoms with Crippen LogP contribution in [0.3, 0.4) is 0 Å². The number of aromatic nitrogens is 3. The number of rotatable bonds is 5. The van der Waals surface area contributed by atoms with Crippen molar-refractivity contribution in [3.05, 3.63) is 69.7 Å². The molecule has 2 N–H and O–H groups in total. The van der Waals surface area contributed by atoms with E-state index in [-0.39, 0.29) is 23.7 Å². The van der Waals surface area contributed by atoms with Gasteiger partial charge in [0.1, 0.15) is 16.5 Å². The number of H-pyrrole nitrogens is 1. The largest absolute Gasteiger partial charge is 0.453 e. The van der Waals surface area contributed by atoms with E-state index in [2.05, 4.69) is 15.5 Å². The Morgan fingerprint density at radius 2 is 2.06 bits per heavy atom. The number of piperidine rings is 1. The van der Waals surface area contributed by atoms with Gasteiger partial charge in [-0.3, -0.25) is 9.89 Å². The molecule has 2 aromatic heterocycles. The highest BCUT2D eigenvalue weighted by Gasteiger charge is 2.50. The summed E-state index contributed by atoms with van der Waals surface area (Å²) < 4.78 is 18.7. The fraction of sp³-hybridized carbons (Fsp3) is 0.391. The summed E-state index contributed by atoms with van der Waals surface area (Å²) in [7, 11) is 1.35. The molecular formula is C23H26FN5O3S. The Bertz CT molecular complexity index is 1120. The summed E-state index contributed by atoms with van der Waals surface area (Å²) in [6.45, 7) is 4.55. The lowest BCUT2D eigenvalue weighted by Crippen LogP contribution is -2.51. The number of thiazole rings is 1. The van der Waals surface area contributed by atoms with E-state index in [4.69, 9.17) is 9.72 Å². The second-order valence-electron chi connectivity index (χ2n) is 8.38. The number of carbonyl (C=O) groups is 2. The average Bonchev–Trinajstić information content (AvgIpc) is 3.51. The maximum Gasteiger partial charge on any atom is 0.409 e. The predicted octanol–water partition coefficient (Wildman–Crippen LogP) is 3.69. The molecule has 4 rings (SSSR count). The topological polar surface area (TPSA) is 100 Å². The highest BCUT2D eigenvalue weighted by Crippen LogP contribution is 2.50. The van der Waals surface area contributed by atoms with Crippen molar-refractivity contribution < 1.29 is 18.7 Å². The maximum absolute atomic E-state index is 13.7. The van der Waals surface area contributed by atoms with Crippen molar-refractivity contribution in [1.29, 1.82) is 0 Å². The molecule has 2 atom stereocenters. The molecule has 2 unspecified atom stereocenters. The second kappa shape index (κ2) is 9.30. The van der Waals surface area contributed by atoms with Crippen LogP contribution in [0.5, 0.6) is 0 Å². The molecule has 0 radical (unpaired) electrons. The van der Waals surface area contributed by atoms with Crippen LogP contribution in [0.4, 0.5) is 9.18 Å². The molecule has 1 aromatic carbocycles. The van der Waals surface area contributed by atoms with Crippen molar-refractivity contribution in [2.75, 3.05) is 20.2 Å². The summed E-state index contributed by atoms with van der Waals surface area (Å²) in [4.78, 5) is 31.4. The summed E-state index contributed by atoms with van der Waals surface area (Å²) in [5, 5.41) is 12.6. The van der Waals surface area contributed by atoms with Gasteiger partial charge in [-0.05, 0) is 44.0 Å². The van der Waals surface area contributed by atoms with Crippen LogP contribution >= 0.6 is 11.3 Å². The molecule has 2 amide bonds. The molecule has 0 spiro atoms. The molecule has 8 nitrogen and oxygen atoms in total. The first kappa shape index (κ1) is 22.9. The molecule has 3 aromatic rings. The zero-order chi connectivity index (χ0) is 23.6. The number of benzene rings is 1. The average molecular weight is 472 g/mol. The molecule has 10 heteroatoms. The normalized spacial score (nSPS) is 20.6. The van der Waals surface area contributed by atoms with Gasteiger partial charge < -0.3 is 15.0 Å². The quantitative estimate of drug-likeness (QED) is 0.591. The van der Waals surface area contributed by atoms with E-state index in [0.29, 0.717) is 25.2 Å². The standard InChI is InChI=1S/C23H26FN5O3S/c1-14(2)26-20(30)18-13-33-21(27-18)23(19-8-10-25-28-19)9-11-29(22(31)32-3)12-17(23)15-4-6-16(24)7-5-15/h4-8,10,13-14,17H,9,11-12H2,1-3H3,(H,25,28)(H,26,30). The van der Waals surface area contributed by atoms with Crippen LogP contribution in [0.2, 0.25) is 0 Å². The number of carbonyl (C=O) groups excluding carboxylic acids is 2. The number of aromatic amines is 1. The molecule has 33 heavy (non-hydrogen) atoms. The predicted molar refractivity (Wildman–Crippen MR) is 122 cm³/mol. The Balaban J connectivity index is 1.84. The Morgan fingerprint density at radius 3 is 2.70 bits per heavy atom. The Labute approximate surface area is 195 Å². The number of nitrogens with zero attached hydrogens (tertiary/aromatic N) is 3. The van der Waals surface area contributed by atoms with Crippen LogP contribution < -0.4 is 5.32 Å². The lowest BCUT2D eigenvalue weighted by molar-refractivity contribution is 0.0936. The van der Waals surface area contributed by atoms with E-state index in [1.165, 1.54) is 30.6 Å². The Hall–Kier alpha value is -3.27. The van der Waals surface area contributed by atoms with Crippen molar-refractivity contribution in [2.45, 2.75) is 37.6 Å². The smallest absolute Gasteiger partial charge is 0.409 e. The van der Waals surface area contributed by atoms with Gasteiger partial charge in [-0.2, -0.15) is 5.10 Å². The van der Waals surface area contributed by atoms with Crippen molar-refractivity contribution in [1.82, 2.24) is 25.4 Å². The zero-order valence-corrected chi connectivity index (χ0v) is 19.5. The lowest BCUT2D eigenvalue weighted by Gasteiger charge is -2.46. The Kier molecular flexibility index (Phi) is 6.46. The van der Waals surface area contributed by atoms with Crippen LogP contribution in [-0.2, 0) is 10.2 Å². The monoisotopic (exact) mass is 471 g/mol. The minimum atomic E-state index is -0.695. The number of methoxy groups -OCH3 is 1. The van der Waals surface area contributed by atoms with E-state index in [1.54, 1.807) is 28.6 Å². The van der Waals surface area contributed by atoms with Crippen LogP contribution in [0, 0.1) is 5.82 Å². The van der Waals surface area contributed by atoms with Gasteiger partial charge >= 0.3 is 6.09 Å². The highest BCUT2D eigenvalue weighted by molar-refractivity contribution is 7.10. The number of ether oxygens (including phenoxy) is 1. The number of likely N-dealkylation sites (tertiary alicyclic amines) is 1. The van der Waals surface area contributed by atoms with E-state index in [1.807, 2.05) is 19.9 Å². The van der Waals surface area contributed by atoms with Gasteiger partial charge in [-0.15, -0.1) is 11.3 Å². The molecule has 0 aliphatic carbocycles. The summed E-state index contributed by atoms with van der Waals surface area (Å²) in [5.74, 6) is -0.857. The van der Waals surface area contributed by atoms with E-state index in [9.17, 15) is 14.0 Å². The van der Waals surface area contributed by atoms with Crippen molar-refractivity contribution in [3.63, 3.8) is 0 Å². The molecule has 1 aliphatic heterocycles. The summed E-state index contributed by atoms with van der Waals surface area (Å²) >= 11 is 1.40. The molecule has 1 fully saturated rings. The summed E-state index contributed by atoms with van der Waals surface area (Å²) in [6.07, 6.45) is 1.77. The first-order chi connectivity index (χ1) is 15.8. The Morgan fingerprint density at radius 1 is 1.30 bits per heavy atom. The molecule has 1 saturated heterocycles. The third kappa shape index (κ3) is 4.35. The maximum atomic E-state index is 13.7. The third-order valence-corrected chi connectivity index (χ3v) is 7.02. The van der Waals surface area contributed by atoms with Crippen LogP contribution in [0.15, 0.2) is 41.9 Å². The van der Waals surface area contributed by atoms with Gasteiger partial charge in [0.2, 0.25) is 0 Å². The van der Waals surface area contributed by atoms with Gasteiger partial charge in [0.15, 0.2) is 0 Å². The SMILES string of the molecule is COC(=O)N1CCC(c2ccn[nH]2)(c2nc(C(=O)NC(C)C)cs2)C(c2ccc(F)cc2)C1. The molecule has 1 aliphatic rings. The first-order valence-corrected chi connectivity index (χ1v) is 11.6. The van der Waals surface area contributed by atoms with Crippen molar-refractivity contribution in [2.24, 2.45) is 0 Å². The third-order valence-electron chi connectivity index (χ3n) is 6.00. The fourth-order valence-electron chi connectivity index (χ4n) is 4.45. The number of amides is 2. The van der Waals surface area contributed by atoms with E-state index in [0.717, 1.165) is 16.3 Å². The van der Waals surface area contributed by atoms with E-state index >= 15 is 0 Å². The fourth-order valence-corrected chi connectivity index (χ4v) is 5.55. The molecular weight excluding hydrogens is 445 g/mol. The molecule has 0 bridgehead atoms. The number of hydrogen-bond donors (Lipinski definition) is 2. The molecule has 0 saturated carbocycles. The van der Waals surface area contributed by atoms with E-state index < -0.39 is 11.5 Å². The highest BCUT2D eigenvalue weighted by atomic mass is 32.1. The van der Waals surface area contributed by atoms with Crippen molar-refractivity contribution in [3.8, 4) is 0 Å². The lowest BCUT2D eigenvalue weighted by atomic mass is 9.65. The summed E-state index contributed by atoms with van der Waals surface area (Å²) in [5.41, 5.74) is 1.32. The summed E-state index contributed by atoms with van der Waals surface area (Å²) in [6, 6.07) is 8.15. The number of nitrogens with one attached hydrogen (secondary N) is 2. The second-order valence-corrected chi connectivity index (χ2v) is 9.24. The van der Waals surface area contributed by atoms with Crippen molar-refractivity contribution >= 4 is 23.3 Å². The van der Waals surface area contributed by atoms with Gasteiger partial charge in [-0.1, -0.05) is 12.1 Å². The van der Waals surface area contributed by atoms with Crippen LogP contribution in [0.25, 0.3) is 0 Å².